The number of carbonyl (C=O) groups is 3. The van der Waals surface area contributed by atoms with Crippen LogP contribution < -0.4 is 10.2 Å². The molecule has 236 valence electrons. The number of nitrogens with one attached hydrogen (secondary N) is 1. The van der Waals surface area contributed by atoms with E-state index in [1.807, 2.05) is 36.4 Å². The fourth-order valence-corrected chi connectivity index (χ4v) is 3.57. The van der Waals surface area contributed by atoms with Gasteiger partial charge in [0.2, 0.25) is 0 Å². The number of β-amino-alcohol motifs (C(OH)–C–C–N with tert-alkyl or cyclic N) is 1. The molecule has 17 heteroatoms. The van der Waals surface area contributed by atoms with Gasteiger partial charge in [-0.05, 0) is 48.1 Å². The third kappa shape index (κ3) is 10.7. The second kappa shape index (κ2) is 13.7. The Hall–Kier alpha value is -4.41. The number of carboxylic acid groups (broad SMARTS) is 2. The van der Waals surface area contributed by atoms with Crippen LogP contribution in [0.5, 0.6) is 0 Å². The lowest BCUT2D eigenvalue weighted by Gasteiger charge is -2.30. The average Bonchev–Trinajstić information content (AvgIpc) is 3.29. The summed E-state index contributed by atoms with van der Waals surface area (Å²) in [6.45, 7) is 7.89. The molecule has 0 spiro atoms. The number of alkyl halides is 6. The lowest BCUT2D eigenvalue weighted by molar-refractivity contribution is -0.193. The molecule has 1 fully saturated rings. The molecule has 1 aliphatic rings. The molecular formula is C26H29F6N5O6. The summed E-state index contributed by atoms with van der Waals surface area (Å²) in [7, 11) is 0. The predicted molar refractivity (Wildman–Crippen MR) is 141 cm³/mol. The first kappa shape index (κ1) is 34.8. The van der Waals surface area contributed by atoms with E-state index in [4.69, 9.17) is 19.8 Å². The molecule has 3 heterocycles. The molecule has 1 amide bonds. The van der Waals surface area contributed by atoms with Crippen LogP contribution in [0, 0.1) is 0 Å². The fraction of sp³-hybridized carbons (Fsp3) is 0.423. The molecular weight excluding hydrogens is 592 g/mol. The number of hydrogen-bond acceptors (Lipinski definition) is 7. The van der Waals surface area contributed by atoms with Crippen molar-refractivity contribution in [3.63, 3.8) is 0 Å². The van der Waals surface area contributed by atoms with Gasteiger partial charge in [0.25, 0.3) is 5.91 Å². The lowest BCUT2D eigenvalue weighted by Crippen LogP contribution is -2.38. The van der Waals surface area contributed by atoms with E-state index in [-0.39, 0.29) is 17.4 Å². The summed E-state index contributed by atoms with van der Waals surface area (Å²) in [6.07, 6.45) is -7.00. The van der Waals surface area contributed by atoms with Gasteiger partial charge in [0.15, 0.2) is 11.5 Å². The van der Waals surface area contributed by atoms with E-state index < -0.39 is 24.3 Å². The van der Waals surface area contributed by atoms with Gasteiger partial charge in [-0.3, -0.25) is 4.79 Å². The SMILES string of the molecule is CC(C)(C)c1ccc(C(=O)Nc2cn3nc(N4CCCC(O)C4)ccc3n2)cc1.O=C(O)C(F)(F)F.O=C(O)C(F)(F)F. The Balaban J connectivity index is 0.000000384. The molecule has 2 aromatic heterocycles. The number of hydrogen-bond donors (Lipinski definition) is 4. The van der Waals surface area contributed by atoms with Gasteiger partial charge in [-0.2, -0.15) is 26.3 Å². The summed E-state index contributed by atoms with van der Waals surface area (Å²) < 4.78 is 65.1. The minimum atomic E-state index is -5.08. The first-order valence-corrected chi connectivity index (χ1v) is 12.5. The molecule has 4 rings (SSSR count). The Morgan fingerprint density at radius 2 is 1.44 bits per heavy atom. The van der Waals surface area contributed by atoms with Crippen LogP contribution in [-0.4, -0.2) is 79.3 Å². The van der Waals surface area contributed by atoms with E-state index >= 15 is 0 Å². The van der Waals surface area contributed by atoms with Crippen LogP contribution in [-0.2, 0) is 15.0 Å². The smallest absolute Gasteiger partial charge is 0.475 e. The van der Waals surface area contributed by atoms with Crippen molar-refractivity contribution in [2.45, 2.75) is 57.5 Å². The van der Waals surface area contributed by atoms with Crippen LogP contribution in [0.3, 0.4) is 0 Å². The highest BCUT2D eigenvalue weighted by Gasteiger charge is 2.38. The van der Waals surface area contributed by atoms with Gasteiger partial charge in [-0.15, -0.1) is 5.10 Å². The van der Waals surface area contributed by atoms with Crippen LogP contribution in [0.25, 0.3) is 5.65 Å². The number of aliphatic hydroxyl groups excluding tert-OH is 1. The Morgan fingerprint density at radius 1 is 0.907 bits per heavy atom. The van der Waals surface area contributed by atoms with Crippen LogP contribution in [0.2, 0.25) is 0 Å². The van der Waals surface area contributed by atoms with Gasteiger partial charge in [0, 0.05) is 18.7 Å². The fourth-order valence-electron chi connectivity index (χ4n) is 3.57. The number of benzene rings is 1. The van der Waals surface area contributed by atoms with E-state index in [1.165, 1.54) is 5.56 Å². The zero-order valence-corrected chi connectivity index (χ0v) is 23.1. The molecule has 11 nitrogen and oxygen atoms in total. The molecule has 1 atom stereocenters. The van der Waals surface area contributed by atoms with E-state index in [1.54, 1.807) is 10.7 Å². The summed E-state index contributed by atoms with van der Waals surface area (Å²) in [6, 6.07) is 11.4. The Labute approximate surface area is 240 Å². The largest absolute Gasteiger partial charge is 0.490 e. The van der Waals surface area contributed by atoms with Crippen LogP contribution in [0.15, 0.2) is 42.6 Å². The number of amides is 1. The third-order valence-electron chi connectivity index (χ3n) is 5.77. The van der Waals surface area contributed by atoms with Crippen LogP contribution in [0.1, 0.15) is 49.5 Å². The van der Waals surface area contributed by atoms with Crippen molar-refractivity contribution >= 4 is 35.1 Å². The topological polar surface area (TPSA) is 157 Å². The second-order valence-corrected chi connectivity index (χ2v) is 10.2. The normalized spacial score (nSPS) is 15.5. The highest BCUT2D eigenvalue weighted by Crippen LogP contribution is 2.23. The van der Waals surface area contributed by atoms with E-state index in [0.717, 1.165) is 25.2 Å². The van der Waals surface area contributed by atoms with E-state index in [0.29, 0.717) is 23.6 Å². The number of nitrogens with zero attached hydrogens (tertiary/aromatic N) is 4. The number of piperidine rings is 1. The number of aromatic nitrogens is 3. The van der Waals surface area contributed by atoms with Crippen molar-refractivity contribution in [1.82, 2.24) is 14.6 Å². The molecule has 1 saturated heterocycles. The standard InChI is InChI=1S/C22H27N5O2.2C2HF3O2/c1-22(2,3)16-8-6-15(7-9-16)21(29)24-18-14-27-19(23-18)10-11-20(25-27)26-12-4-5-17(28)13-26;2*3-2(4,5)1(6)7/h6-11,14,17,28H,4-5,12-13H2,1-3H3,(H,24,29);2*(H,6,7). The number of rotatable bonds is 3. The molecule has 0 bridgehead atoms. The number of anilines is 2. The van der Waals surface area contributed by atoms with Crippen molar-refractivity contribution in [3.8, 4) is 0 Å². The number of imidazole rings is 1. The molecule has 1 unspecified atom stereocenters. The number of aliphatic hydroxyl groups is 1. The molecule has 1 aromatic carbocycles. The van der Waals surface area contributed by atoms with Gasteiger partial charge in [-0.25, -0.2) is 19.1 Å². The van der Waals surface area contributed by atoms with Crippen LogP contribution in [0.4, 0.5) is 38.0 Å². The van der Waals surface area contributed by atoms with Gasteiger partial charge >= 0.3 is 24.3 Å². The molecule has 1 aliphatic heterocycles. The molecule has 0 aliphatic carbocycles. The lowest BCUT2D eigenvalue weighted by atomic mass is 9.87. The molecule has 3 aromatic rings. The van der Waals surface area contributed by atoms with Crippen molar-refractivity contribution in [2.24, 2.45) is 0 Å². The van der Waals surface area contributed by atoms with Gasteiger partial charge in [0.1, 0.15) is 5.82 Å². The zero-order valence-electron chi connectivity index (χ0n) is 23.1. The highest BCUT2D eigenvalue weighted by atomic mass is 19.4. The summed E-state index contributed by atoms with van der Waals surface area (Å²) in [5.41, 5.74) is 2.47. The first-order chi connectivity index (χ1) is 19.7. The molecule has 4 N–H and O–H groups in total. The average molecular weight is 622 g/mol. The van der Waals surface area contributed by atoms with E-state index in [9.17, 15) is 36.2 Å². The monoisotopic (exact) mass is 621 g/mol. The molecule has 0 saturated carbocycles. The second-order valence-electron chi connectivity index (χ2n) is 10.2. The summed E-state index contributed by atoms with van der Waals surface area (Å²) in [4.78, 5) is 36.9. The van der Waals surface area contributed by atoms with Crippen LogP contribution >= 0.6 is 0 Å². The maximum atomic E-state index is 12.6. The summed E-state index contributed by atoms with van der Waals surface area (Å²) in [5, 5.41) is 31.6. The molecule has 43 heavy (non-hydrogen) atoms. The van der Waals surface area contributed by atoms with Crippen molar-refractivity contribution < 1.29 is 56.0 Å². The minimum Gasteiger partial charge on any atom is -0.475 e. The van der Waals surface area contributed by atoms with Crippen molar-refractivity contribution in [3.05, 3.63) is 53.7 Å². The van der Waals surface area contributed by atoms with Gasteiger partial charge in [0.05, 0.1) is 12.3 Å². The number of halogens is 6. The highest BCUT2D eigenvalue weighted by molar-refractivity contribution is 6.03. The Bertz CT molecular complexity index is 1390. The third-order valence-corrected chi connectivity index (χ3v) is 5.77. The summed E-state index contributed by atoms with van der Waals surface area (Å²) in [5.74, 6) is -4.46. The Morgan fingerprint density at radius 3 is 1.91 bits per heavy atom. The number of carbonyl (C=O) groups excluding carboxylic acids is 1. The maximum absolute atomic E-state index is 12.6. The Kier molecular flexibility index (Phi) is 11.1. The van der Waals surface area contributed by atoms with Gasteiger partial charge < -0.3 is 25.5 Å². The quantitative estimate of drug-likeness (QED) is 0.309. The minimum absolute atomic E-state index is 0.0460. The zero-order chi connectivity index (χ0) is 32.8. The molecule has 0 radical (unpaired) electrons. The van der Waals surface area contributed by atoms with Crippen molar-refractivity contribution in [2.75, 3.05) is 23.3 Å². The van der Waals surface area contributed by atoms with Crippen molar-refractivity contribution in [1.29, 1.82) is 0 Å². The van der Waals surface area contributed by atoms with E-state index in [2.05, 4.69) is 41.1 Å². The first-order valence-electron chi connectivity index (χ1n) is 12.5. The number of aliphatic carboxylic acids is 2. The summed E-state index contributed by atoms with van der Waals surface area (Å²) >= 11 is 0. The number of fused-ring (bicyclic) bond motifs is 1. The maximum Gasteiger partial charge on any atom is 0.490 e. The van der Waals surface area contributed by atoms with Gasteiger partial charge in [-0.1, -0.05) is 32.9 Å². The number of carboxylic acids is 2. The predicted octanol–water partition coefficient (Wildman–Crippen LogP) is 4.51.